The molecule has 2 aliphatic rings. The van der Waals surface area contributed by atoms with Crippen molar-refractivity contribution in [3.05, 3.63) is 58.7 Å². The molecule has 4 rings (SSSR count). The van der Waals surface area contributed by atoms with Crippen LogP contribution in [0.3, 0.4) is 0 Å². The fraction of sp³-hybridized carbons (Fsp3) is 0.222. The van der Waals surface area contributed by atoms with Crippen molar-refractivity contribution in [2.75, 3.05) is 0 Å². The van der Waals surface area contributed by atoms with Crippen LogP contribution in [0.25, 0.3) is 22.9 Å². The molecule has 18 heavy (non-hydrogen) atoms. The van der Waals surface area contributed by atoms with Gasteiger partial charge in [0.2, 0.25) is 0 Å². The maximum atomic E-state index is 2.34. The highest BCUT2D eigenvalue weighted by Gasteiger charge is 2.13. The Morgan fingerprint density at radius 1 is 0.722 bits per heavy atom. The zero-order chi connectivity index (χ0) is 11.9. The van der Waals surface area contributed by atoms with E-state index in [1.165, 1.54) is 58.7 Å². The summed E-state index contributed by atoms with van der Waals surface area (Å²) in [5, 5.41) is 2.90. The van der Waals surface area contributed by atoms with E-state index in [4.69, 9.17) is 0 Å². The van der Waals surface area contributed by atoms with Crippen LogP contribution < -0.4 is 0 Å². The first-order chi connectivity index (χ1) is 8.93. The summed E-state index contributed by atoms with van der Waals surface area (Å²) in [4.78, 5) is 0. The molecule has 0 nitrogen and oxygen atoms in total. The predicted octanol–water partition coefficient (Wildman–Crippen LogP) is 4.76. The summed E-state index contributed by atoms with van der Waals surface area (Å²) < 4.78 is 0. The first-order valence-corrected chi connectivity index (χ1v) is 6.84. The third kappa shape index (κ3) is 1.38. The normalized spacial score (nSPS) is 16.7. The molecule has 0 saturated heterocycles. The molecule has 0 unspecified atom stereocenters. The van der Waals surface area contributed by atoms with Crippen molar-refractivity contribution in [1.82, 2.24) is 0 Å². The number of benzene rings is 2. The van der Waals surface area contributed by atoms with E-state index in [0.29, 0.717) is 0 Å². The van der Waals surface area contributed by atoms with Gasteiger partial charge < -0.3 is 0 Å². The quantitative estimate of drug-likeness (QED) is 0.614. The van der Waals surface area contributed by atoms with Gasteiger partial charge in [0.1, 0.15) is 0 Å². The van der Waals surface area contributed by atoms with Crippen LogP contribution in [0.5, 0.6) is 0 Å². The van der Waals surface area contributed by atoms with Gasteiger partial charge in [-0.15, -0.1) is 0 Å². The molecule has 0 atom stereocenters. The van der Waals surface area contributed by atoms with E-state index in [-0.39, 0.29) is 0 Å². The summed E-state index contributed by atoms with van der Waals surface area (Å²) in [6.07, 6.45) is 13.9. The van der Waals surface area contributed by atoms with E-state index in [0.717, 1.165) is 0 Å². The fourth-order valence-corrected chi connectivity index (χ4v) is 3.28. The van der Waals surface area contributed by atoms with Crippen molar-refractivity contribution in [3.8, 4) is 0 Å². The molecule has 0 fully saturated rings. The summed E-state index contributed by atoms with van der Waals surface area (Å²) in [6.45, 7) is 0. The molecular weight excluding hydrogens is 216 g/mol. The number of allylic oxidation sites excluding steroid dienone is 2. The van der Waals surface area contributed by atoms with E-state index in [2.05, 4.69) is 48.6 Å². The van der Waals surface area contributed by atoms with E-state index < -0.39 is 0 Å². The van der Waals surface area contributed by atoms with Gasteiger partial charge in [0.15, 0.2) is 0 Å². The summed E-state index contributed by atoms with van der Waals surface area (Å²) >= 11 is 0. The van der Waals surface area contributed by atoms with Crippen molar-refractivity contribution >= 4 is 22.9 Å². The van der Waals surface area contributed by atoms with Gasteiger partial charge in [-0.25, -0.2) is 0 Å². The molecule has 0 spiro atoms. The average molecular weight is 232 g/mol. The van der Waals surface area contributed by atoms with Crippen LogP contribution in [0.2, 0.25) is 0 Å². The Morgan fingerprint density at radius 3 is 2.56 bits per heavy atom. The minimum absolute atomic E-state index is 1.18. The minimum Gasteiger partial charge on any atom is -0.0836 e. The van der Waals surface area contributed by atoms with Gasteiger partial charge in [-0.2, -0.15) is 0 Å². The molecular formula is C18H16. The summed E-state index contributed by atoms with van der Waals surface area (Å²) in [5.41, 5.74) is 5.91. The predicted molar refractivity (Wildman–Crippen MR) is 78.7 cm³/mol. The Hall–Kier alpha value is -1.82. The lowest BCUT2D eigenvalue weighted by Gasteiger charge is -2.18. The lowest BCUT2D eigenvalue weighted by Crippen LogP contribution is -1.99. The van der Waals surface area contributed by atoms with Crippen molar-refractivity contribution in [2.45, 2.75) is 25.7 Å². The highest BCUT2D eigenvalue weighted by molar-refractivity contribution is 5.96. The van der Waals surface area contributed by atoms with Crippen molar-refractivity contribution in [2.24, 2.45) is 0 Å². The maximum Gasteiger partial charge on any atom is -0.0106 e. The second-order valence-electron chi connectivity index (χ2n) is 5.25. The SMILES string of the molecule is C1=Cc2c(ccc3c4c(ccc23)C=CCC4)CC1. The minimum atomic E-state index is 1.18. The van der Waals surface area contributed by atoms with Gasteiger partial charge in [0, 0.05) is 0 Å². The standard InChI is InChI=1S/C18H16/c1-3-7-15-13(5-1)9-11-18-16-8-4-2-6-14(16)10-12-17(15)18/h1,4-5,8-12H,2-3,6-7H2. The molecule has 0 aliphatic heterocycles. The lowest BCUT2D eigenvalue weighted by atomic mass is 9.86. The van der Waals surface area contributed by atoms with Crippen LogP contribution in [0.15, 0.2) is 36.4 Å². The van der Waals surface area contributed by atoms with Gasteiger partial charge in [-0.1, -0.05) is 48.6 Å². The topological polar surface area (TPSA) is 0 Å². The van der Waals surface area contributed by atoms with Crippen molar-refractivity contribution in [1.29, 1.82) is 0 Å². The molecule has 88 valence electrons. The Kier molecular flexibility index (Phi) is 2.16. The van der Waals surface area contributed by atoms with E-state index in [9.17, 15) is 0 Å². The van der Waals surface area contributed by atoms with Crippen LogP contribution in [-0.2, 0) is 12.8 Å². The highest BCUT2D eigenvalue weighted by Crippen LogP contribution is 2.33. The monoisotopic (exact) mass is 232 g/mol. The first kappa shape index (κ1) is 10.1. The van der Waals surface area contributed by atoms with Gasteiger partial charge in [0.05, 0.1) is 0 Å². The molecule has 2 aliphatic carbocycles. The van der Waals surface area contributed by atoms with Gasteiger partial charge in [0.25, 0.3) is 0 Å². The maximum absolute atomic E-state index is 2.34. The molecule has 0 amide bonds. The van der Waals surface area contributed by atoms with Crippen LogP contribution >= 0.6 is 0 Å². The molecule has 2 aromatic carbocycles. The molecule has 0 radical (unpaired) electrons. The molecule has 0 aromatic heterocycles. The van der Waals surface area contributed by atoms with E-state index >= 15 is 0 Å². The molecule has 0 saturated carbocycles. The van der Waals surface area contributed by atoms with Gasteiger partial charge >= 0.3 is 0 Å². The van der Waals surface area contributed by atoms with Gasteiger partial charge in [-0.05, 0) is 58.7 Å². The zero-order valence-electron chi connectivity index (χ0n) is 10.4. The lowest BCUT2D eigenvalue weighted by molar-refractivity contribution is 0.984. The molecule has 2 aromatic rings. The highest BCUT2D eigenvalue weighted by atomic mass is 14.2. The molecule has 0 N–H and O–H groups in total. The third-order valence-electron chi connectivity index (χ3n) is 4.20. The number of rotatable bonds is 0. The van der Waals surface area contributed by atoms with Crippen molar-refractivity contribution < 1.29 is 0 Å². The van der Waals surface area contributed by atoms with Crippen molar-refractivity contribution in [3.63, 3.8) is 0 Å². The smallest absolute Gasteiger partial charge is 0.0106 e. The summed E-state index contributed by atoms with van der Waals surface area (Å²) in [7, 11) is 0. The third-order valence-corrected chi connectivity index (χ3v) is 4.20. The molecule has 0 heteroatoms. The average Bonchev–Trinajstić information content (AvgIpc) is 2.46. The Labute approximate surface area is 108 Å². The second-order valence-corrected chi connectivity index (χ2v) is 5.25. The number of aryl methyl sites for hydroxylation is 2. The zero-order valence-corrected chi connectivity index (χ0v) is 10.4. The van der Waals surface area contributed by atoms with Crippen LogP contribution in [0, 0.1) is 0 Å². The number of hydrogen-bond acceptors (Lipinski definition) is 0. The van der Waals surface area contributed by atoms with E-state index in [1.807, 2.05) is 0 Å². The van der Waals surface area contributed by atoms with Gasteiger partial charge in [-0.3, -0.25) is 0 Å². The largest absolute Gasteiger partial charge is 0.0836 e. The van der Waals surface area contributed by atoms with E-state index in [1.54, 1.807) is 0 Å². The van der Waals surface area contributed by atoms with Crippen LogP contribution in [0.4, 0.5) is 0 Å². The van der Waals surface area contributed by atoms with Crippen LogP contribution in [0.1, 0.15) is 35.1 Å². The second kappa shape index (κ2) is 3.84. The first-order valence-electron chi connectivity index (χ1n) is 6.84. The Balaban J connectivity index is 2.09. The number of hydrogen-bond donors (Lipinski definition) is 0. The fourth-order valence-electron chi connectivity index (χ4n) is 3.28. The molecule has 0 bridgehead atoms. The summed E-state index contributed by atoms with van der Waals surface area (Å²) in [5.74, 6) is 0. The molecule has 0 heterocycles. The Morgan fingerprint density at radius 2 is 1.56 bits per heavy atom. The van der Waals surface area contributed by atoms with Crippen LogP contribution in [-0.4, -0.2) is 0 Å². The summed E-state index contributed by atoms with van der Waals surface area (Å²) in [6, 6.07) is 9.26. The Bertz CT molecular complexity index is 687. The number of fused-ring (bicyclic) bond motifs is 5.